The summed E-state index contributed by atoms with van der Waals surface area (Å²) in [4.78, 5) is 12.2. The minimum atomic E-state index is -1.86. The van der Waals surface area contributed by atoms with Gasteiger partial charge >= 0.3 is 0 Å². The van der Waals surface area contributed by atoms with Crippen LogP contribution in [-0.4, -0.2) is 21.0 Å². The Bertz CT molecular complexity index is 739. The summed E-state index contributed by atoms with van der Waals surface area (Å²) in [7, 11) is 0. The Balaban J connectivity index is 2.03. The van der Waals surface area contributed by atoms with Crippen LogP contribution in [0.5, 0.6) is 0 Å². The lowest BCUT2D eigenvalue weighted by Gasteiger charge is -2.27. The Labute approximate surface area is 164 Å². The molecular weight excluding hydrogens is 408 g/mol. The third-order valence-corrected chi connectivity index (χ3v) is 3.89. The highest BCUT2D eigenvalue weighted by atomic mass is 35.6. The van der Waals surface area contributed by atoms with Crippen LogP contribution in [0.15, 0.2) is 54.6 Å². The molecule has 0 aliphatic rings. The number of hydrogen-bond acceptors (Lipinski definition) is 2. The van der Waals surface area contributed by atoms with Gasteiger partial charge in [0, 0.05) is 11.3 Å². The Hall–Kier alpha value is -1.60. The van der Waals surface area contributed by atoms with E-state index in [9.17, 15) is 9.18 Å². The third-order valence-electron chi connectivity index (χ3n) is 3.02. The van der Waals surface area contributed by atoms with E-state index in [1.807, 2.05) is 0 Å². The standard InChI is InChI=1S/C16H13Cl3FN3OS/c17-16(18,19)14(22-13(24)10-4-2-1-3-5-10)23-15(25)21-12-8-6-11(20)7-9-12/h1-9,14H,(H,22,24)(H2,21,23,25)/t14-/m0/s1. The van der Waals surface area contributed by atoms with Crippen molar-refractivity contribution in [2.24, 2.45) is 0 Å². The van der Waals surface area contributed by atoms with E-state index in [1.54, 1.807) is 30.3 Å². The SMILES string of the molecule is O=C(N[C@@H](NC(=S)Nc1ccc(F)cc1)C(Cl)(Cl)Cl)c1ccccc1. The normalized spacial score (nSPS) is 12.2. The second kappa shape index (κ2) is 8.67. The number of anilines is 1. The maximum Gasteiger partial charge on any atom is 0.252 e. The summed E-state index contributed by atoms with van der Waals surface area (Å²) in [6, 6.07) is 14.0. The highest BCUT2D eigenvalue weighted by Crippen LogP contribution is 2.29. The maximum absolute atomic E-state index is 12.9. The van der Waals surface area contributed by atoms with E-state index in [0.29, 0.717) is 11.3 Å². The first-order chi connectivity index (χ1) is 11.8. The first kappa shape index (κ1) is 19.7. The summed E-state index contributed by atoms with van der Waals surface area (Å²) in [5.74, 6) is -0.812. The summed E-state index contributed by atoms with van der Waals surface area (Å²) >= 11 is 22.9. The van der Waals surface area contributed by atoms with Crippen molar-refractivity contribution in [3.05, 3.63) is 66.0 Å². The van der Waals surface area contributed by atoms with Gasteiger partial charge in [-0.2, -0.15) is 0 Å². The molecule has 0 saturated heterocycles. The van der Waals surface area contributed by atoms with Gasteiger partial charge in [-0.1, -0.05) is 53.0 Å². The molecule has 0 unspecified atom stereocenters. The van der Waals surface area contributed by atoms with Crippen LogP contribution in [0.1, 0.15) is 10.4 Å². The predicted molar refractivity (Wildman–Crippen MR) is 104 cm³/mol. The highest BCUT2D eigenvalue weighted by Gasteiger charge is 2.34. The van der Waals surface area contributed by atoms with Gasteiger partial charge in [-0.25, -0.2) is 4.39 Å². The lowest BCUT2D eigenvalue weighted by atomic mass is 10.2. The first-order valence-electron chi connectivity index (χ1n) is 7.01. The van der Waals surface area contributed by atoms with E-state index in [4.69, 9.17) is 47.0 Å². The molecule has 0 aliphatic heterocycles. The summed E-state index contributed by atoms with van der Waals surface area (Å²) in [6.45, 7) is 0. The Morgan fingerprint density at radius 2 is 1.60 bits per heavy atom. The zero-order valence-electron chi connectivity index (χ0n) is 12.6. The lowest BCUT2D eigenvalue weighted by Crippen LogP contribution is -2.56. The van der Waals surface area contributed by atoms with Gasteiger partial charge in [0.2, 0.25) is 3.79 Å². The molecular formula is C16H13Cl3FN3OS. The van der Waals surface area contributed by atoms with Gasteiger partial charge in [0.05, 0.1) is 0 Å². The number of amides is 1. The van der Waals surface area contributed by atoms with Gasteiger partial charge in [0.1, 0.15) is 12.0 Å². The van der Waals surface area contributed by atoms with E-state index in [0.717, 1.165) is 0 Å². The minimum Gasteiger partial charge on any atom is -0.339 e. The van der Waals surface area contributed by atoms with Crippen molar-refractivity contribution < 1.29 is 9.18 Å². The average molecular weight is 421 g/mol. The van der Waals surface area contributed by atoms with Crippen LogP contribution in [0.2, 0.25) is 0 Å². The Morgan fingerprint density at radius 1 is 1.00 bits per heavy atom. The first-order valence-corrected chi connectivity index (χ1v) is 8.55. The molecule has 9 heteroatoms. The molecule has 0 radical (unpaired) electrons. The van der Waals surface area contributed by atoms with E-state index in [-0.39, 0.29) is 10.9 Å². The smallest absolute Gasteiger partial charge is 0.252 e. The number of halogens is 4. The molecule has 0 aromatic heterocycles. The summed E-state index contributed by atoms with van der Waals surface area (Å²) in [5, 5.41) is 8.19. The third kappa shape index (κ3) is 6.32. The quantitative estimate of drug-likeness (QED) is 0.393. The topological polar surface area (TPSA) is 53.2 Å². The fourth-order valence-corrected chi connectivity index (χ4v) is 2.40. The van der Waals surface area contributed by atoms with E-state index in [1.165, 1.54) is 24.3 Å². The number of rotatable bonds is 4. The van der Waals surface area contributed by atoms with Crippen LogP contribution in [0, 0.1) is 5.82 Å². The molecule has 1 amide bonds. The molecule has 0 fully saturated rings. The molecule has 2 rings (SSSR count). The van der Waals surface area contributed by atoms with Crippen molar-refractivity contribution in [2.45, 2.75) is 9.96 Å². The van der Waals surface area contributed by atoms with Crippen LogP contribution in [0.25, 0.3) is 0 Å². The average Bonchev–Trinajstić information content (AvgIpc) is 2.56. The van der Waals surface area contributed by atoms with Gasteiger partial charge in [-0.3, -0.25) is 4.79 Å². The van der Waals surface area contributed by atoms with E-state index >= 15 is 0 Å². The molecule has 0 bridgehead atoms. The molecule has 0 saturated carbocycles. The molecule has 0 aliphatic carbocycles. The number of nitrogens with one attached hydrogen (secondary N) is 3. The number of carbonyl (C=O) groups is 1. The minimum absolute atomic E-state index is 0.0938. The number of hydrogen-bond donors (Lipinski definition) is 3. The van der Waals surface area contributed by atoms with Crippen molar-refractivity contribution in [1.82, 2.24) is 10.6 Å². The van der Waals surface area contributed by atoms with Crippen molar-refractivity contribution >= 4 is 63.7 Å². The number of carbonyl (C=O) groups excluding carboxylic acids is 1. The molecule has 0 heterocycles. The molecule has 3 N–H and O–H groups in total. The fraction of sp³-hybridized carbons (Fsp3) is 0.125. The molecule has 1 atom stereocenters. The van der Waals surface area contributed by atoms with Gasteiger partial charge in [0.25, 0.3) is 5.91 Å². The molecule has 2 aromatic rings. The van der Waals surface area contributed by atoms with Gasteiger partial charge in [-0.15, -0.1) is 0 Å². The van der Waals surface area contributed by atoms with E-state index in [2.05, 4.69) is 16.0 Å². The molecule has 2 aromatic carbocycles. The van der Waals surface area contributed by atoms with E-state index < -0.39 is 15.9 Å². The van der Waals surface area contributed by atoms with Gasteiger partial charge in [-0.05, 0) is 48.6 Å². The summed E-state index contributed by atoms with van der Waals surface area (Å²) in [6.07, 6.45) is -1.09. The largest absolute Gasteiger partial charge is 0.339 e. The van der Waals surface area contributed by atoms with Crippen molar-refractivity contribution in [2.75, 3.05) is 5.32 Å². The van der Waals surface area contributed by atoms with Crippen LogP contribution >= 0.6 is 47.0 Å². The fourth-order valence-electron chi connectivity index (χ4n) is 1.84. The van der Waals surface area contributed by atoms with Gasteiger partial charge in [0.15, 0.2) is 5.11 Å². The lowest BCUT2D eigenvalue weighted by molar-refractivity contribution is 0.0934. The van der Waals surface area contributed by atoms with Gasteiger partial charge < -0.3 is 16.0 Å². The second-order valence-electron chi connectivity index (χ2n) is 4.92. The van der Waals surface area contributed by atoms with Crippen molar-refractivity contribution in [3.63, 3.8) is 0 Å². The van der Waals surface area contributed by atoms with Crippen LogP contribution < -0.4 is 16.0 Å². The maximum atomic E-state index is 12.9. The van der Waals surface area contributed by atoms with Crippen LogP contribution in [0.4, 0.5) is 10.1 Å². The van der Waals surface area contributed by atoms with Crippen molar-refractivity contribution in [3.8, 4) is 0 Å². The van der Waals surface area contributed by atoms with Crippen molar-refractivity contribution in [1.29, 1.82) is 0 Å². The number of alkyl halides is 3. The summed E-state index contributed by atoms with van der Waals surface area (Å²) < 4.78 is 11.1. The monoisotopic (exact) mass is 419 g/mol. The molecule has 4 nitrogen and oxygen atoms in total. The Kier molecular flexibility index (Phi) is 6.84. The number of benzene rings is 2. The number of thiocarbonyl (C=S) groups is 1. The van der Waals surface area contributed by atoms with Crippen LogP contribution in [-0.2, 0) is 0 Å². The predicted octanol–water partition coefficient (Wildman–Crippen LogP) is 4.24. The van der Waals surface area contributed by atoms with Crippen LogP contribution in [0.3, 0.4) is 0 Å². The zero-order chi connectivity index (χ0) is 18.4. The highest BCUT2D eigenvalue weighted by molar-refractivity contribution is 7.80. The Morgan fingerprint density at radius 3 is 2.16 bits per heavy atom. The molecule has 132 valence electrons. The summed E-state index contributed by atoms with van der Waals surface area (Å²) in [5.41, 5.74) is 0.942. The zero-order valence-corrected chi connectivity index (χ0v) is 15.7. The molecule has 25 heavy (non-hydrogen) atoms. The molecule has 0 spiro atoms. The second-order valence-corrected chi connectivity index (χ2v) is 7.70.